The number of fused-ring (bicyclic) bond motifs is 1. The number of esters is 1. The number of aromatic nitrogens is 2. The maximum atomic E-state index is 14.7. The predicted octanol–water partition coefficient (Wildman–Crippen LogP) is 4.37. The Balaban J connectivity index is 1.75. The van der Waals surface area contributed by atoms with Gasteiger partial charge >= 0.3 is 12.0 Å². The summed E-state index contributed by atoms with van der Waals surface area (Å²) < 4.78 is 40.9. The lowest BCUT2D eigenvalue weighted by molar-refractivity contribution is -0.153. The number of carbonyl (C=O) groups excluding carboxylic acids is 2. The largest absolute Gasteiger partial charge is 0.466 e. The molecule has 3 aromatic carbocycles. The number of hydrogen-bond acceptors (Lipinski definition) is 7. The molecule has 1 aliphatic heterocycles. The van der Waals surface area contributed by atoms with Gasteiger partial charge in [-0.15, -0.1) is 0 Å². The average Bonchev–Trinajstić information content (AvgIpc) is 3.08. The summed E-state index contributed by atoms with van der Waals surface area (Å²) in [5, 5.41) is 3.27. The van der Waals surface area contributed by atoms with Gasteiger partial charge in [-0.3, -0.25) is 10.1 Å². The Hall–Kier alpha value is -4.70. The number of ether oxygens (including phenoxy) is 2. The minimum absolute atomic E-state index is 0.0478. The van der Waals surface area contributed by atoms with Gasteiger partial charge < -0.3 is 14.4 Å². The number of halogens is 2. The fourth-order valence-corrected chi connectivity index (χ4v) is 5.21. The zero-order valence-corrected chi connectivity index (χ0v) is 22.7. The number of nitrogens with zero attached hydrogens (tertiary/aromatic N) is 3. The van der Waals surface area contributed by atoms with Crippen LogP contribution in [0, 0.1) is 25.5 Å². The molecule has 8 nitrogen and oxygen atoms in total. The highest BCUT2D eigenvalue weighted by Crippen LogP contribution is 2.42. The molecule has 2 atom stereocenters. The Morgan fingerprint density at radius 3 is 2.27 bits per heavy atom. The number of benzene rings is 3. The first-order chi connectivity index (χ1) is 19.7. The molecule has 0 fully saturated rings. The number of carbonyl (C=O) groups is 2. The van der Waals surface area contributed by atoms with Crippen molar-refractivity contribution in [3.8, 4) is 6.01 Å². The van der Waals surface area contributed by atoms with E-state index in [1.54, 1.807) is 68.4 Å². The quantitative estimate of drug-likeness (QED) is 0.337. The second kappa shape index (κ2) is 11.4. The fraction of sp³-hybridized carbons (Fsp3) is 0.226. The Morgan fingerprint density at radius 1 is 0.976 bits per heavy atom. The Bertz CT molecular complexity index is 1560. The number of para-hydroxylation sites is 1. The summed E-state index contributed by atoms with van der Waals surface area (Å²) in [4.78, 5) is 37.3. The maximum absolute atomic E-state index is 14.7. The zero-order chi connectivity index (χ0) is 29.1. The Labute approximate surface area is 236 Å². The van der Waals surface area contributed by atoms with Crippen LogP contribution in [0.15, 0.2) is 78.9 Å². The van der Waals surface area contributed by atoms with Gasteiger partial charge in [-0.05, 0) is 43.7 Å². The van der Waals surface area contributed by atoms with Gasteiger partial charge in [0.15, 0.2) is 0 Å². The van der Waals surface area contributed by atoms with Crippen LogP contribution < -0.4 is 15.0 Å². The van der Waals surface area contributed by atoms with Crippen LogP contribution in [0.5, 0.6) is 6.01 Å². The molecule has 41 heavy (non-hydrogen) atoms. The molecular weight excluding hydrogens is 530 g/mol. The summed E-state index contributed by atoms with van der Waals surface area (Å²) in [5.41, 5.74) is 0.872. The third-order valence-electron chi connectivity index (χ3n) is 7.04. The standard InChI is InChI=1S/C31H28F2N4O4/c1-19-16-20(2)36-30(35-19)41-28(29(39)40-3)31(21-10-5-4-6-11-21)23-12-7-8-15-26(23)37(27(38)17-34-31)18-22-24(32)13-9-14-25(22)33/h4-16,28,34H,17-18H2,1-3H3. The number of nitrogens with one attached hydrogen (secondary N) is 1. The number of hydrogen-bond donors (Lipinski definition) is 1. The molecule has 1 N–H and O–H groups in total. The van der Waals surface area contributed by atoms with Crippen LogP contribution in [-0.2, 0) is 26.4 Å². The second-order valence-electron chi connectivity index (χ2n) is 9.68. The van der Waals surface area contributed by atoms with Crippen LogP contribution in [0.1, 0.15) is 28.1 Å². The normalized spacial score (nSPS) is 17.4. The van der Waals surface area contributed by atoms with Crippen LogP contribution in [0.25, 0.3) is 0 Å². The van der Waals surface area contributed by atoms with E-state index in [-0.39, 0.29) is 24.7 Å². The molecule has 0 radical (unpaired) electrons. The molecule has 0 saturated carbocycles. The summed E-state index contributed by atoms with van der Waals surface area (Å²) in [6.07, 6.45) is -1.42. The van der Waals surface area contributed by atoms with Gasteiger partial charge in [-0.25, -0.2) is 23.5 Å². The first-order valence-corrected chi connectivity index (χ1v) is 12.9. The lowest BCUT2D eigenvalue weighted by Crippen LogP contribution is -2.59. The lowest BCUT2D eigenvalue weighted by Gasteiger charge is -2.40. The van der Waals surface area contributed by atoms with E-state index in [4.69, 9.17) is 9.47 Å². The van der Waals surface area contributed by atoms with Crippen LogP contribution in [0.4, 0.5) is 14.5 Å². The molecule has 10 heteroatoms. The molecule has 2 heterocycles. The number of methoxy groups -OCH3 is 1. The van der Waals surface area contributed by atoms with Gasteiger partial charge in [0.25, 0.3) is 0 Å². The van der Waals surface area contributed by atoms with E-state index in [2.05, 4.69) is 15.3 Å². The second-order valence-corrected chi connectivity index (χ2v) is 9.68. The minimum Gasteiger partial charge on any atom is -0.466 e. The van der Waals surface area contributed by atoms with Crippen LogP contribution in [-0.4, -0.2) is 41.6 Å². The average molecular weight is 559 g/mol. The molecule has 0 saturated heterocycles. The van der Waals surface area contributed by atoms with Crippen molar-refractivity contribution in [3.05, 3.63) is 119 Å². The van der Waals surface area contributed by atoms with Crippen molar-refractivity contribution < 1.29 is 27.8 Å². The van der Waals surface area contributed by atoms with Gasteiger partial charge in [0, 0.05) is 28.2 Å². The van der Waals surface area contributed by atoms with E-state index in [0.717, 1.165) is 12.1 Å². The number of amides is 1. The van der Waals surface area contributed by atoms with E-state index in [1.165, 1.54) is 18.1 Å². The monoisotopic (exact) mass is 558 g/mol. The highest BCUT2D eigenvalue weighted by Gasteiger charge is 2.52. The molecule has 5 rings (SSSR count). The Morgan fingerprint density at radius 2 is 1.61 bits per heavy atom. The minimum atomic E-state index is -1.51. The van der Waals surface area contributed by atoms with Crippen molar-refractivity contribution in [2.75, 3.05) is 18.6 Å². The third-order valence-corrected chi connectivity index (χ3v) is 7.04. The highest BCUT2D eigenvalue weighted by molar-refractivity contribution is 5.97. The van der Waals surface area contributed by atoms with Crippen molar-refractivity contribution in [1.82, 2.24) is 15.3 Å². The van der Waals surface area contributed by atoms with Crippen LogP contribution in [0.3, 0.4) is 0 Å². The summed E-state index contributed by atoms with van der Waals surface area (Å²) in [5.74, 6) is -2.77. The Kier molecular flexibility index (Phi) is 7.76. The molecule has 0 spiro atoms. The number of aryl methyl sites for hydroxylation is 2. The van der Waals surface area contributed by atoms with Crippen molar-refractivity contribution in [2.24, 2.45) is 0 Å². The summed E-state index contributed by atoms with van der Waals surface area (Å²) >= 11 is 0. The first-order valence-electron chi connectivity index (χ1n) is 12.9. The molecule has 4 aromatic rings. The van der Waals surface area contributed by atoms with E-state index in [1.807, 2.05) is 6.07 Å². The van der Waals surface area contributed by atoms with Crippen LogP contribution >= 0.6 is 0 Å². The molecule has 2 unspecified atom stereocenters. The fourth-order valence-electron chi connectivity index (χ4n) is 5.21. The summed E-state index contributed by atoms with van der Waals surface area (Å²) in [6.45, 7) is 2.88. The van der Waals surface area contributed by atoms with Crippen LogP contribution in [0.2, 0.25) is 0 Å². The molecule has 1 aliphatic rings. The molecule has 1 aromatic heterocycles. The SMILES string of the molecule is COC(=O)C(Oc1nc(C)cc(C)n1)C1(c2ccccc2)NCC(=O)N(Cc2c(F)cccc2F)c2ccccc21. The summed E-state index contributed by atoms with van der Waals surface area (Å²) in [7, 11) is 1.24. The number of rotatable bonds is 7. The third kappa shape index (κ3) is 5.26. The van der Waals surface area contributed by atoms with Gasteiger partial charge in [0.2, 0.25) is 12.0 Å². The summed E-state index contributed by atoms with van der Waals surface area (Å²) in [6, 6.07) is 21.1. The topological polar surface area (TPSA) is 93.6 Å². The van der Waals surface area contributed by atoms with E-state index in [9.17, 15) is 18.4 Å². The van der Waals surface area contributed by atoms with Gasteiger partial charge in [0.1, 0.15) is 17.2 Å². The molecule has 0 bridgehead atoms. The zero-order valence-electron chi connectivity index (χ0n) is 22.7. The van der Waals surface area contributed by atoms with Crippen molar-refractivity contribution in [1.29, 1.82) is 0 Å². The molecular formula is C31H28F2N4O4. The highest BCUT2D eigenvalue weighted by atomic mass is 19.1. The molecule has 1 amide bonds. The molecule has 0 aliphatic carbocycles. The van der Waals surface area contributed by atoms with Crippen molar-refractivity contribution >= 4 is 17.6 Å². The van der Waals surface area contributed by atoms with Gasteiger partial charge in [-0.1, -0.05) is 54.6 Å². The predicted molar refractivity (Wildman–Crippen MR) is 147 cm³/mol. The van der Waals surface area contributed by atoms with Gasteiger partial charge in [0.05, 0.1) is 20.2 Å². The van der Waals surface area contributed by atoms with E-state index in [0.29, 0.717) is 28.2 Å². The van der Waals surface area contributed by atoms with E-state index >= 15 is 0 Å². The first kappa shape index (κ1) is 27.9. The lowest BCUT2D eigenvalue weighted by atomic mass is 9.77. The van der Waals surface area contributed by atoms with Gasteiger partial charge in [-0.2, -0.15) is 0 Å². The maximum Gasteiger partial charge on any atom is 0.349 e. The number of anilines is 1. The smallest absolute Gasteiger partial charge is 0.349 e. The van der Waals surface area contributed by atoms with Crippen molar-refractivity contribution in [2.45, 2.75) is 32.0 Å². The molecule has 210 valence electrons. The van der Waals surface area contributed by atoms with Crippen molar-refractivity contribution in [3.63, 3.8) is 0 Å². The van der Waals surface area contributed by atoms with E-state index < -0.39 is 35.2 Å².